The fraction of sp³-hybridized carbons (Fsp3) is 0.533. The first-order valence-corrected chi connectivity index (χ1v) is 13.7. The highest BCUT2D eigenvalue weighted by Gasteiger charge is 2.26. The van der Waals surface area contributed by atoms with Crippen molar-refractivity contribution < 1.29 is 19.4 Å². The van der Waals surface area contributed by atoms with Crippen LogP contribution in [0.1, 0.15) is 92.2 Å². The molecule has 2 aliphatic rings. The number of para-hydroxylation sites is 1. The standard InChI is InChI=1S/C30H40N2O4/c1-2-36-28-20-24(30(34)35)16-15-23(28)21-29(33)31-26(19-22-11-5-3-6-12-22)25-13-7-8-14-27(25)32-17-9-4-10-18-32/h7-8,13-16,20,22,26H,2-6,9-12,17-19,21H2,1H3,(H,31,33)(H,34,35). The third-order valence-corrected chi connectivity index (χ3v) is 7.60. The number of carbonyl (C=O) groups excluding carboxylic acids is 1. The molecule has 4 rings (SSSR count). The van der Waals surface area contributed by atoms with Gasteiger partial charge in [0.25, 0.3) is 0 Å². The second kappa shape index (κ2) is 12.8. The van der Waals surface area contributed by atoms with Crippen LogP contribution in [0.2, 0.25) is 0 Å². The maximum Gasteiger partial charge on any atom is 0.335 e. The van der Waals surface area contributed by atoms with Crippen molar-refractivity contribution in [2.24, 2.45) is 5.92 Å². The number of carbonyl (C=O) groups is 2. The van der Waals surface area contributed by atoms with Crippen LogP contribution < -0.4 is 15.0 Å². The lowest BCUT2D eigenvalue weighted by Gasteiger charge is -2.34. The summed E-state index contributed by atoms with van der Waals surface area (Å²) in [6.45, 7) is 4.39. The molecule has 1 aliphatic heterocycles. The Morgan fingerprint density at radius 2 is 1.75 bits per heavy atom. The first-order valence-electron chi connectivity index (χ1n) is 13.7. The molecule has 2 N–H and O–H groups in total. The lowest BCUT2D eigenvalue weighted by atomic mass is 9.83. The number of benzene rings is 2. The van der Waals surface area contributed by atoms with E-state index in [0.29, 0.717) is 23.8 Å². The summed E-state index contributed by atoms with van der Waals surface area (Å²) in [7, 11) is 0. The van der Waals surface area contributed by atoms with Crippen molar-refractivity contribution in [2.45, 2.75) is 77.2 Å². The van der Waals surface area contributed by atoms with Crippen molar-refractivity contribution in [1.82, 2.24) is 5.32 Å². The van der Waals surface area contributed by atoms with Crippen LogP contribution in [0.3, 0.4) is 0 Å². The van der Waals surface area contributed by atoms with Gasteiger partial charge in [0.05, 0.1) is 24.6 Å². The number of rotatable bonds is 10. The third kappa shape index (κ3) is 6.80. The van der Waals surface area contributed by atoms with Crippen LogP contribution in [0.5, 0.6) is 5.75 Å². The summed E-state index contributed by atoms with van der Waals surface area (Å²) >= 11 is 0. The monoisotopic (exact) mass is 492 g/mol. The highest BCUT2D eigenvalue weighted by atomic mass is 16.5. The van der Waals surface area contributed by atoms with Gasteiger partial charge >= 0.3 is 5.97 Å². The van der Waals surface area contributed by atoms with Gasteiger partial charge in [-0.3, -0.25) is 4.79 Å². The number of nitrogens with one attached hydrogen (secondary N) is 1. The molecule has 0 radical (unpaired) electrons. The minimum absolute atomic E-state index is 0.0486. The first-order chi connectivity index (χ1) is 17.5. The van der Waals surface area contributed by atoms with Crippen molar-refractivity contribution in [3.8, 4) is 5.75 Å². The Morgan fingerprint density at radius 3 is 2.47 bits per heavy atom. The van der Waals surface area contributed by atoms with Gasteiger partial charge in [-0.25, -0.2) is 4.79 Å². The number of amides is 1. The van der Waals surface area contributed by atoms with Crippen LogP contribution >= 0.6 is 0 Å². The average molecular weight is 493 g/mol. The van der Waals surface area contributed by atoms with Gasteiger partial charge in [0.1, 0.15) is 5.75 Å². The van der Waals surface area contributed by atoms with E-state index in [4.69, 9.17) is 4.74 Å². The largest absolute Gasteiger partial charge is 0.494 e. The number of piperidine rings is 1. The Hall–Kier alpha value is -3.02. The summed E-state index contributed by atoms with van der Waals surface area (Å²) in [5, 5.41) is 12.7. The first kappa shape index (κ1) is 26.1. The van der Waals surface area contributed by atoms with Crippen molar-refractivity contribution in [3.63, 3.8) is 0 Å². The van der Waals surface area contributed by atoms with Gasteiger partial charge in [-0.05, 0) is 62.3 Å². The molecular weight excluding hydrogens is 452 g/mol. The van der Waals surface area contributed by atoms with Gasteiger partial charge < -0.3 is 20.1 Å². The Kier molecular flexibility index (Phi) is 9.26. The minimum atomic E-state index is -1.01. The van der Waals surface area contributed by atoms with Gasteiger partial charge in [-0.15, -0.1) is 0 Å². The van der Waals surface area contributed by atoms with E-state index in [9.17, 15) is 14.7 Å². The number of carboxylic acids is 1. The number of nitrogens with zero attached hydrogens (tertiary/aromatic N) is 1. The van der Waals surface area contributed by atoms with Crippen LogP contribution in [-0.4, -0.2) is 36.7 Å². The molecule has 1 heterocycles. The number of aromatic carboxylic acids is 1. The van der Waals surface area contributed by atoms with E-state index in [1.165, 1.54) is 68.7 Å². The second-order valence-electron chi connectivity index (χ2n) is 10.2. The lowest BCUT2D eigenvalue weighted by Crippen LogP contribution is -2.35. The molecule has 2 aromatic rings. The van der Waals surface area contributed by atoms with Gasteiger partial charge in [0.15, 0.2) is 0 Å². The van der Waals surface area contributed by atoms with Crippen LogP contribution in [-0.2, 0) is 11.2 Å². The molecule has 194 valence electrons. The molecule has 0 bridgehead atoms. The molecule has 2 fully saturated rings. The van der Waals surface area contributed by atoms with Crippen LogP contribution in [0.15, 0.2) is 42.5 Å². The fourth-order valence-electron chi connectivity index (χ4n) is 5.77. The molecule has 0 spiro atoms. The Morgan fingerprint density at radius 1 is 1.03 bits per heavy atom. The van der Waals surface area contributed by atoms with Gasteiger partial charge in [-0.1, -0.05) is 56.4 Å². The highest BCUT2D eigenvalue weighted by molar-refractivity contribution is 5.88. The Balaban J connectivity index is 1.56. The van der Waals surface area contributed by atoms with E-state index in [2.05, 4.69) is 34.5 Å². The average Bonchev–Trinajstić information content (AvgIpc) is 2.90. The number of ether oxygens (including phenoxy) is 1. The van der Waals surface area contributed by atoms with E-state index < -0.39 is 5.97 Å². The lowest BCUT2D eigenvalue weighted by molar-refractivity contribution is -0.121. The van der Waals surface area contributed by atoms with Crippen molar-refractivity contribution >= 4 is 17.6 Å². The number of hydrogen-bond donors (Lipinski definition) is 2. The fourth-order valence-corrected chi connectivity index (χ4v) is 5.77. The van der Waals surface area contributed by atoms with Crippen molar-refractivity contribution in [1.29, 1.82) is 0 Å². The number of hydrogen-bond acceptors (Lipinski definition) is 4. The van der Waals surface area contributed by atoms with E-state index in [0.717, 1.165) is 19.5 Å². The maximum atomic E-state index is 13.4. The summed E-state index contributed by atoms with van der Waals surface area (Å²) in [6.07, 6.45) is 11.1. The zero-order valence-corrected chi connectivity index (χ0v) is 21.5. The van der Waals surface area contributed by atoms with E-state index in [-0.39, 0.29) is 23.9 Å². The summed E-state index contributed by atoms with van der Waals surface area (Å²) in [4.78, 5) is 27.3. The Bertz CT molecular complexity index is 1030. The predicted molar refractivity (Wildman–Crippen MR) is 143 cm³/mol. The molecule has 1 atom stereocenters. The molecule has 1 unspecified atom stereocenters. The molecule has 0 aromatic heterocycles. The third-order valence-electron chi connectivity index (χ3n) is 7.60. The topological polar surface area (TPSA) is 78.9 Å². The zero-order valence-electron chi connectivity index (χ0n) is 21.5. The number of anilines is 1. The quantitative estimate of drug-likeness (QED) is 0.416. The van der Waals surface area contributed by atoms with E-state index in [1.54, 1.807) is 12.1 Å². The van der Waals surface area contributed by atoms with E-state index >= 15 is 0 Å². The molecule has 6 heteroatoms. The minimum Gasteiger partial charge on any atom is -0.494 e. The summed E-state index contributed by atoms with van der Waals surface area (Å²) < 4.78 is 5.69. The van der Waals surface area contributed by atoms with E-state index in [1.807, 2.05) is 6.92 Å². The van der Waals surface area contributed by atoms with Gasteiger partial charge in [0.2, 0.25) is 5.91 Å². The molecular formula is C30H40N2O4. The van der Waals surface area contributed by atoms with Crippen LogP contribution in [0.4, 0.5) is 5.69 Å². The molecule has 1 saturated carbocycles. The van der Waals surface area contributed by atoms with Gasteiger partial charge in [-0.2, -0.15) is 0 Å². The molecule has 1 saturated heterocycles. The second-order valence-corrected chi connectivity index (χ2v) is 10.2. The van der Waals surface area contributed by atoms with Crippen LogP contribution in [0.25, 0.3) is 0 Å². The molecule has 36 heavy (non-hydrogen) atoms. The number of carboxylic acid groups (broad SMARTS) is 1. The van der Waals surface area contributed by atoms with Crippen molar-refractivity contribution in [3.05, 3.63) is 59.2 Å². The van der Waals surface area contributed by atoms with Gasteiger partial charge in [0, 0.05) is 24.3 Å². The summed E-state index contributed by atoms with van der Waals surface area (Å²) in [5.74, 6) is 0.0134. The smallest absolute Gasteiger partial charge is 0.335 e. The highest BCUT2D eigenvalue weighted by Crippen LogP contribution is 2.36. The maximum absolute atomic E-state index is 13.4. The predicted octanol–water partition coefficient (Wildman–Crippen LogP) is 6.14. The molecule has 6 nitrogen and oxygen atoms in total. The SMILES string of the molecule is CCOc1cc(C(=O)O)ccc1CC(=O)NC(CC1CCCCC1)c1ccccc1N1CCCCC1. The Labute approximate surface area is 215 Å². The molecule has 1 amide bonds. The van der Waals surface area contributed by atoms with Crippen LogP contribution in [0, 0.1) is 5.92 Å². The zero-order chi connectivity index (χ0) is 25.3. The summed E-state index contributed by atoms with van der Waals surface area (Å²) in [6, 6.07) is 13.3. The normalized spacial score (nSPS) is 17.4. The molecule has 2 aromatic carbocycles. The van der Waals surface area contributed by atoms with Crippen molar-refractivity contribution in [2.75, 3.05) is 24.6 Å². The molecule has 1 aliphatic carbocycles. The summed E-state index contributed by atoms with van der Waals surface area (Å²) in [5.41, 5.74) is 3.33.